The number of methoxy groups -OCH3 is 1. The maximum absolute atomic E-state index is 15.3. The zero-order valence-corrected chi connectivity index (χ0v) is 27.5. The van der Waals surface area contributed by atoms with Gasteiger partial charge in [0.25, 0.3) is 0 Å². The highest BCUT2D eigenvalue weighted by Gasteiger charge is 2.21. The van der Waals surface area contributed by atoms with E-state index in [4.69, 9.17) is 14.2 Å². The molecular weight excluding hydrogens is 623 g/mol. The summed E-state index contributed by atoms with van der Waals surface area (Å²) in [5.41, 5.74) is 3.78. The first-order valence-corrected chi connectivity index (χ1v) is 16.4. The van der Waals surface area contributed by atoms with E-state index >= 15 is 4.39 Å². The van der Waals surface area contributed by atoms with Gasteiger partial charge >= 0.3 is 11.8 Å². The third-order valence-corrected chi connectivity index (χ3v) is 8.69. The quantitative estimate of drug-likeness (QED) is 0.134. The molecule has 2 amide bonds. The topological polar surface area (TPSA) is 111 Å². The summed E-state index contributed by atoms with van der Waals surface area (Å²) >= 11 is 0. The fraction of sp³-hybridized carbons (Fsp3) is 0.256. The lowest BCUT2D eigenvalue weighted by Gasteiger charge is -2.23. The smallest absolute Gasteiger partial charge is 0.313 e. The van der Waals surface area contributed by atoms with Crippen LogP contribution >= 0.6 is 0 Å². The van der Waals surface area contributed by atoms with Crippen molar-refractivity contribution in [1.82, 2.24) is 15.6 Å². The van der Waals surface area contributed by atoms with Gasteiger partial charge in [0.1, 0.15) is 11.3 Å². The van der Waals surface area contributed by atoms with Crippen LogP contribution < -0.4 is 30.2 Å². The van der Waals surface area contributed by atoms with Crippen LogP contribution in [0.2, 0.25) is 0 Å². The summed E-state index contributed by atoms with van der Waals surface area (Å²) in [7, 11) is 1.56. The number of hydrogen-bond donors (Lipinski definition) is 3. The highest BCUT2D eigenvalue weighted by atomic mass is 19.1. The van der Waals surface area contributed by atoms with Crippen LogP contribution in [-0.2, 0) is 9.59 Å². The fourth-order valence-electron chi connectivity index (χ4n) is 5.96. The van der Waals surface area contributed by atoms with Gasteiger partial charge < -0.3 is 30.2 Å². The van der Waals surface area contributed by atoms with Crippen molar-refractivity contribution < 1.29 is 28.2 Å². The number of halogens is 1. The number of aromatic nitrogens is 1. The summed E-state index contributed by atoms with van der Waals surface area (Å²) in [4.78, 5) is 30.1. The van der Waals surface area contributed by atoms with Gasteiger partial charge in [-0.15, -0.1) is 0 Å². The lowest BCUT2D eigenvalue weighted by Crippen LogP contribution is -2.37. The second kappa shape index (κ2) is 15.6. The summed E-state index contributed by atoms with van der Waals surface area (Å²) in [6, 6.07) is 27.0. The van der Waals surface area contributed by atoms with Gasteiger partial charge in [-0.3, -0.25) is 14.6 Å². The molecule has 3 N–H and O–H groups in total. The number of anilines is 1. The molecule has 49 heavy (non-hydrogen) atoms. The van der Waals surface area contributed by atoms with Crippen molar-refractivity contribution in [2.75, 3.05) is 38.7 Å². The van der Waals surface area contributed by atoms with Crippen molar-refractivity contribution in [3.8, 4) is 23.0 Å². The van der Waals surface area contributed by atoms with Gasteiger partial charge in [-0.25, -0.2) is 4.39 Å². The van der Waals surface area contributed by atoms with Crippen molar-refractivity contribution in [2.24, 2.45) is 5.92 Å². The van der Waals surface area contributed by atoms with Crippen LogP contribution in [0.25, 0.3) is 10.9 Å². The number of carbonyl (C=O) groups excluding carboxylic acids is 2. The molecule has 0 saturated carbocycles. The molecule has 1 atom stereocenters. The number of ether oxygens (including phenoxy) is 3. The molecule has 0 bridgehead atoms. The van der Waals surface area contributed by atoms with E-state index in [0.29, 0.717) is 40.7 Å². The van der Waals surface area contributed by atoms with Gasteiger partial charge in [0.05, 0.1) is 13.7 Å². The van der Waals surface area contributed by atoms with Gasteiger partial charge in [-0.1, -0.05) is 60.2 Å². The van der Waals surface area contributed by atoms with Crippen LogP contribution in [0.3, 0.4) is 0 Å². The van der Waals surface area contributed by atoms with Crippen LogP contribution in [0.1, 0.15) is 35.4 Å². The largest absolute Gasteiger partial charge is 0.491 e. The molecule has 5 aromatic rings. The van der Waals surface area contributed by atoms with E-state index in [9.17, 15) is 9.59 Å². The molecule has 252 valence electrons. The first kappa shape index (κ1) is 33.4. The number of aryl methyl sites for hydroxylation is 1. The van der Waals surface area contributed by atoms with Crippen LogP contribution in [0.4, 0.5) is 10.1 Å². The number of nitrogens with one attached hydrogen (secondary N) is 3. The number of pyridine rings is 1. The standard InChI is InChI=1S/C39H39FN4O5/c1-25-8-10-28(11-9-25)31(27-6-4-3-5-7-27)23-43-38(45)39(46)44-29-12-14-34(32(40)22-29)49-33-18-21-42-36-30(33)13-15-35(37(36)47-2)48-24-26-16-19-41-20-17-26/h3-15,18,21-22,26,31,41H,16-17,19-20,23-24H2,1-2H3,(H,43,45)(H,44,46). The Morgan fingerprint density at radius 1 is 0.898 bits per heavy atom. The summed E-state index contributed by atoms with van der Waals surface area (Å²) in [6.45, 7) is 4.76. The predicted octanol–water partition coefficient (Wildman–Crippen LogP) is 6.75. The van der Waals surface area contributed by atoms with E-state index in [0.717, 1.165) is 48.7 Å². The second-order valence-corrected chi connectivity index (χ2v) is 12.1. The first-order chi connectivity index (χ1) is 23.9. The maximum atomic E-state index is 15.3. The second-order valence-electron chi connectivity index (χ2n) is 12.1. The van der Waals surface area contributed by atoms with Crippen LogP contribution in [-0.4, -0.2) is 50.1 Å². The number of benzene rings is 4. The van der Waals surface area contributed by atoms with Crippen molar-refractivity contribution in [3.63, 3.8) is 0 Å². The van der Waals surface area contributed by atoms with Gasteiger partial charge in [0, 0.05) is 35.8 Å². The molecule has 1 saturated heterocycles. The van der Waals surface area contributed by atoms with E-state index in [1.165, 1.54) is 12.1 Å². The molecule has 2 heterocycles. The van der Waals surface area contributed by atoms with Gasteiger partial charge in [0.2, 0.25) is 0 Å². The Balaban J connectivity index is 1.10. The Morgan fingerprint density at radius 2 is 1.63 bits per heavy atom. The minimum atomic E-state index is -0.908. The number of fused-ring (bicyclic) bond motifs is 1. The van der Waals surface area contributed by atoms with Gasteiger partial charge in [0.15, 0.2) is 23.1 Å². The molecule has 0 aliphatic carbocycles. The van der Waals surface area contributed by atoms with E-state index in [1.54, 1.807) is 25.4 Å². The average molecular weight is 663 g/mol. The summed E-state index contributed by atoms with van der Waals surface area (Å²) in [6.07, 6.45) is 3.66. The fourth-order valence-corrected chi connectivity index (χ4v) is 5.96. The zero-order chi connectivity index (χ0) is 34.2. The van der Waals surface area contributed by atoms with Crippen molar-refractivity contribution in [1.29, 1.82) is 0 Å². The number of carbonyl (C=O) groups is 2. The van der Waals surface area contributed by atoms with E-state index in [2.05, 4.69) is 20.9 Å². The molecule has 9 nitrogen and oxygen atoms in total. The lowest BCUT2D eigenvalue weighted by molar-refractivity contribution is -0.136. The Labute approximate surface area is 284 Å². The van der Waals surface area contributed by atoms with E-state index in [1.807, 2.05) is 67.6 Å². The summed E-state index contributed by atoms with van der Waals surface area (Å²) in [5.74, 6) is -0.795. The molecule has 0 radical (unpaired) electrons. The average Bonchev–Trinajstić information content (AvgIpc) is 3.13. The van der Waals surface area contributed by atoms with Crippen LogP contribution in [0, 0.1) is 18.7 Å². The summed E-state index contributed by atoms with van der Waals surface area (Å²) < 4.78 is 33.1. The molecule has 1 aliphatic heterocycles. The zero-order valence-electron chi connectivity index (χ0n) is 27.5. The third-order valence-electron chi connectivity index (χ3n) is 8.69. The number of rotatable bonds is 11. The van der Waals surface area contributed by atoms with Crippen molar-refractivity contribution in [3.05, 3.63) is 120 Å². The van der Waals surface area contributed by atoms with Gasteiger partial charge in [-0.2, -0.15) is 0 Å². The molecular formula is C39H39FN4O5. The SMILES string of the molecule is COc1c(OCC2CCNCC2)ccc2c(Oc3ccc(NC(=O)C(=O)NCC(c4ccccc4)c4ccc(C)cc4)cc3F)ccnc12. The predicted molar refractivity (Wildman–Crippen MR) is 187 cm³/mol. The van der Waals surface area contributed by atoms with E-state index < -0.39 is 17.6 Å². The number of piperidine rings is 1. The van der Waals surface area contributed by atoms with Crippen molar-refractivity contribution in [2.45, 2.75) is 25.7 Å². The van der Waals surface area contributed by atoms with Crippen LogP contribution in [0.5, 0.6) is 23.0 Å². The minimum absolute atomic E-state index is 0.0658. The highest BCUT2D eigenvalue weighted by molar-refractivity contribution is 6.39. The Morgan fingerprint density at radius 3 is 2.37 bits per heavy atom. The molecule has 1 fully saturated rings. The highest BCUT2D eigenvalue weighted by Crippen LogP contribution is 2.40. The first-order valence-electron chi connectivity index (χ1n) is 16.4. The van der Waals surface area contributed by atoms with Crippen molar-refractivity contribution >= 4 is 28.4 Å². The third kappa shape index (κ3) is 8.16. The number of amides is 2. The number of nitrogens with zero attached hydrogens (tertiary/aromatic N) is 1. The molecule has 10 heteroatoms. The molecule has 4 aromatic carbocycles. The molecule has 1 aliphatic rings. The lowest BCUT2D eigenvalue weighted by atomic mass is 9.90. The van der Waals surface area contributed by atoms with Crippen LogP contribution in [0.15, 0.2) is 97.2 Å². The Bertz CT molecular complexity index is 1910. The molecule has 6 rings (SSSR count). The molecule has 0 spiro atoms. The normalized spacial score (nSPS) is 13.8. The number of hydrogen-bond acceptors (Lipinski definition) is 7. The van der Waals surface area contributed by atoms with E-state index in [-0.39, 0.29) is 23.9 Å². The van der Waals surface area contributed by atoms with Gasteiger partial charge in [-0.05, 0) is 80.2 Å². The monoisotopic (exact) mass is 662 g/mol. The Hall–Kier alpha value is -5.48. The summed E-state index contributed by atoms with van der Waals surface area (Å²) in [5, 5.41) is 9.18. The minimum Gasteiger partial charge on any atom is -0.491 e. The molecule has 1 aromatic heterocycles. The maximum Gasteiger partial charge on any atom is 0.313 e. The Kier molecular flexibility index (Phi) is 10.6. The molecule has 1 unspecified atom stereocenters.